The van der Waals surface area contributed by atoms with Crippen LogP contribution in [0, 0.1) is 6.92 Å². The Morgan fingerprint density at radius 3 is 2.90 bits per heavy atom. The van der Waals surface area contributed by atoms with Crippen molar-refractivity contribution in [3.8, 4) is 0 Å². The maximum Gasteiger partial charge on any atom is 0.257 e. The van der Waals surface area contributed by atoms with Gasteiger partial charge in [0.2, 0.25) is 0 Å². The predicted molar refractivity (Wildman–Crippen MR) is 81.5 cm³/mol. The van der Waals surface area contributed by atoms with Crippen molar-refractivity contribution in [1.82, 2.24) is 20.0 Å². The van der Waals surface area contributed by atoms with Crippen LogP contribution >= 0.6 is 0 Å². The van der Waals surface area contributed by atoms with Gasteiger partial charge in [0, 0.05) is 38.5 Å². The quantitative estimate of drug-likeness (QED) is 0.907. The van der Waals surface area contributed by atoms with Gasteiger partial charge in [0.1, 0.15) is 0 Å². The van der Waals surface area contributed by atoms with E-state index in [-0.39, 0.29) is 17.5 Å². The number of hydrogen-bond donors (Lipinski definition) is 1. The Morgan fingerprint density at radius 2 is 2.29 bits per heavy atom. The number of methoxy groups -OCH3 is 1. The van der Waals surface area contributed by atoms with Crippen LogP contribution in [0.1, 0.15) is 42.9 Å². The number of nitrogens with zero attached hydrogens (tertiary/aromatic N) is 3. The SMILES string of the molecule is COCC(C)n1cc(C(=O)N2CCNC(C)(C)C2)c(C)n1. The smallest absolute Gasteiger partial charge is 0.257 e. The van der Waals surface area contributed by atoms with E-state index >= 15 is 0 Å². The molecule has 0 bridgehead atoms. The van der Waals surface area contributed by atoms with Crippen molar-refractivity contribution in [2.75, 3.05) is 33.4 Å². The van der Waals surface area contributed by atoms with Crippen molar-refractivity contribution >= 4 is 5.91 Å². The van der Waals surface area contributed by atoms with Crippen molar-refractivity contribution in [2.24, 2.45) is 0 Å². The lowest BCUT2D eigenvalue weighted by atomic mass is 10.0. The van der Waals surface area contributed by atoms with Gasteiger partial charge in [-0.1, -0.05) is 0 Å². The summed E-state index contributed by atoms with van der Waals surface area (Å²) < 4.78 is 6.97. The number of carbonyl (C=O) groups excluding carboxylic acids is 1. The van der Waals surface area contributed by atoms with Gasteiger partial charge in [0.25, 0.3) is 5.91 Å². The van der Waals surface area contributed by atoms with Crippen molar-refractivity contribution in [1.29, 1.82) is 0 Å². The molecular weight excluding hydrogens is 268 g/mol. The van der Waals surface area contributed by atoms with E-state index in [9.17, 15) is 4.79 Å². The van der Waals surface area contributed by atoms with Gasteiger partial charge in [-0.25, -0.2) is 0 Å². The monoisotopic (exact) mass is 294 g/mol. The molecule has 6 heteroatoms. The molecule has 1 saturated heterocycles. The highest BCUT2D eigenvalue weighted by molar-refractivity contribution is 5.95. The molecule has 2 rings (SSSR count). The van der Waals surface area contributed by atoms with Crippen LogP contribution in [0.5, 0.6) is 0 Å². The summed E-state index contributed by atoms with van der Waals surface area (Å²) in [6, 6.07) is 0.120. The Bertz CT molecular complexity index is 510. The first-order valence-corrected chi connectivity index (χ1v) is 7.43. The number of aryl methyl sites for hydroxylation is 1. The van der Waals surface area contributed by atoms with Crippen LogP contribution in [-0.2, 0) is 4.74 Å². The fraction of sp³-hybridized carbons (Fsp3) is 0.733. The lowest BCUT2D eigenvalue weighted by Gasteiger charge is -2.39. The molecule has 6 nitrogen and oxygen atoms in total. The number of hydrogen-bond acceptors (Lipinski definition) is 4. The lowest BCUT2D eigenvalue weighted by Crippen LogP contribution is -2.58. The van der Waals surface area contributed by atoms with Gasteiger partial charge >= 0.3 is 0 Å². The largest absolute Gasteiger partial charge is 0.382 e. The summed E-state index contributed by atoms with van der Waals surface area (Å²) in [6.45, 7) is 11.0. The highest BCUT2D eigenvalue weighted by Gasteiger charge is 2.30. The molecule has 1 aromatic heterocycles. The first-order valence-electron chi connectivity index (χ1n) is 7.43. The number of nitrogens with one attached hydrogen (secondary N) is 1. The van der Waals surface area contributed by atoms with Crippen LogP contribution in [0.15, 0.2) is 6.20 Å². The van der Waals surface area contributed by atoms with Crippen molar-refractivity contribution in [2.45, 2.75) is 39.3 Å². The van der Waals surface area contributed by atoms with E-state index in [1.165, 1.54) is 0 Å². The number of amides is 1. The average molecular weight is 294 g/mol. The summed E-state index contributed by atoms with van der Waals surface area (Å²) in [6.07, 6.45) is 1.84. The van der Waals surface area contributed by atoms with E-state index < -0.39 is 0 Å². The molecule has 0 aromatic carbocycles. The van der Waals surface area contributed by atoms with E-state index in [4.69, 9.17) is 4.74 Å². The Balaban J connectivity index is 2.16. The molecule has 1 aliphatic rings. The Labute approximate surface area is 126 Å². The molecule has 2 heterocycles. The van der Waals surface area contributed by atoms with Gasteiger partial charge in [-0.15, -0.1) is 0 Å². The molecule has 1 fully saturated rings. The molecular formula is C15H26N4O2. The van der Waals surface area contributed by atoms with Crippen LogP contribution in [0.25, 0.3) is 0 Å². The van der Waals surface area contributed by atoms with Crippen LogP contribution in [-0.4, -0.2) is 59.5 Å². The number of aromatic nitrogens is 2. The Kier molecular flexibility index (Phi) is 4.68. The van der Waals surface area contributed by atoms with Gasteiger partial charge in [0.05, 0.1) is 23.9 Å². The maximum atomic E-state index is 12.7. The molecule has 1 unspecified atom stereocenters. The Hall–Kier alpha value is -1.40. The molecule has 118 valence electrons. The molecule has 1 amide bonds. The molecule has 1 aliphatic heterocycles. The van der Waals surface area contributed by atoms with Gasteiger partial charge in [0.15, 0.2) is 0 Å². The zero-order valence-corrected chi connectivity index (χ0v) is 13.6. The molecule has 0 aliphatic carbocycles. The fourth-order valence-electron chi connectivity index (χ4n) is 2.72. The third-order valence-corrected chi connectivity index (χ3v) is 3.87. The van der Waals surface area contributed by atoms with E-state index in [2.05, 4.69) is 24.3 Å². The average Bonchev–Trinajstić information content (AvgIpc) is 2.79. The topological polar surface area (TPSA) is 59.4 Å². The van der Waals surface area contributed by atoms with Gasteiger partial charge in [-0.3, -0.25) is 9.48 Å². The highest BCUT2D eigenvalue weighted by Crippen LogP contribution is 2.17. The van der Waals surface area contributed by atoms with Gasteiger partial charge < -0.3 is 15.0 Å². The van der Waals surface area contributed by atoms with Gasteiger partial charge in [-0.2, -0.15) is 5.10 Å². The van der Waals surface area contributed by atoms with Crippen molar-refractivity contribution in [3.05, 3.63) is 17.5 Å². The summed E-state index contributed by atoms with van der Waals surface area (Å²) >= 11 is 0. The zero-order chi connectivity index (χ0) is 15.6. The maximum absolute atomic E-state index is 12.7. The van der Waals surface area contributed by atoms with Crippen molar-refractivity contribution in [3.63, 3.8) is 0 Å². The minimum atomic E-state index is -0.0405. The molecule has 1 N–H and O–H groups in total. The van der Waals surface area contributed by atoms with Crippen molar-refractivity contribution < 1.29 is 9.53 Å². The number of ether oxygens (including phenoxy) is 1. The van der Waals surface area contributed by atoms with Crippen LogP contribution < -0.4 is 5.32 Å². The summed E-state index contributed by atoms with van der Waals surface area (Å²) in [7, 11) is 1.67. The standard InChI is InChI=1S/C15H26N4O2/c1-11(9-21-5)19-8-13(12(2)17-19)14(20)18-7-6-16-15(3,4)10-18/h8,11,16H,6-7,9-10H2,1-5H3. The number of carbonyl (C=O) groups is 1. The third-order valence-electron chi connectivity index (χ3n) is 3.87. The molecule has 0 radical (unpaired) electrons. The van der Waals surface area contributed by atoms with E-state index in [1.807, 2.05) is 29.6 Å². The van der Waals surface area contributed by atoms with E-state index in [1.54, 1.807) is 7.11 Å². The second-order valence-electron chi connectivity index (χ2n) is 6.45. The molecule has 1 atom stereocenters. The third kappa shape index (κ3) is 3.63. The van der Waals surface area contributed by atoms with Crippen LogP contribution in [0.2, 0.25) is 0 Å². The highest BCUT2D eigenvalue weighted by atomic mass is 16.5. The zero-order valence-electron chi connectivity index (χ0n) is 13.6. The summed E-state index contributed by atoms with van der Waals surface area (Å²) in [4.78, 5) is 14.6. The molecule has 0 spiro atoms. The minimum Gasteiger partial charge on any atom is -0.382 e. The molecule has 1 aromatic rings. The first kappa shape index (κ1) is 16.0. The first-order chi connectivity index (χ1) is 9.84. The van der Waals surface area contributed by atoms with E-state index in [0.717, 1.165) is 18.8 Å². The Morgan fingerprint density at radius 1 is 1.57 bits per heavy atom. The molecule has 0 saturated carbocycles. The summed E-state index contributed by atoms with van der Waals surface area (Å²) in [5.41, 5.74) is 1.43. The van der Waals surface area contributed by atoms with Crippen LogP contribution in [0.3, 0.4) is 0 Å². The van der Waals surface area contributed by atoms with Crippen LogP contribution in [0.4, 0.5) is 0 Å². The second-order valence-corrected chi connectivity index (χ2v) is 6.45. The minimum absolute atomic E-state index is 0.0405. The summed E-state index contributed by atoms with van der Waals surface area (Å²) in [5, 5.41) is 7.87. The number of piperazine rings is 1. The molecule has 21 heavy (non-hydrogen) atoms. The number of rotatable bonds is 4. The van der Waals surface area contributed by atoms with Gasteiger partial charge in [-0.05, 0) is 27.7 Å². The fourth-order valence-corrected chi connectivity index (χ4v) is 2.72. The van der Waals surface area contributed by atoms with E-state index in [0.29, 0.717) is 18.7 Å². The second kappa shape index (κ2) is 6.15. The predicted octanol–water partition coefficient (Wildman–Crippen LogP) is 1.22. The lowest BCUT2D eigenvalue weighted by molar-refractivity contribution is 0.0651. The normalized spacial score (nSPS) is 19.6. The summed E-state index contributed by atoms with van der Waals surface area (Å²) in [5.74, 6) is 0.0675.